The Labute approximate surface area is 148 Å². The highest BCUT2D eigenvalue weighted by atomic mass is 16.7. The summed E-state index contributed by atoms with van der Waals surface area (Å²) in [4.78, 5) is 19.8. The first kappa shape index (κ1) is 15.2. The average Bonchev–Trinajstić information content (AvgIpc) is 2.94. The zero-order valence-electron chi connectivity index (χ0n) is 14.7. The minimum absolute atomic E-state index is 0.0924. The Morgan fingerprint density at radius 1 is 0.920 bits per heavy atom. The van der Waals surface area contributed by atoms with Crippen molar-refractivity contribution < 1.29 is 14.3 Å². The van der Waals surface area contributed by atoms with Gasteiger partial charge in [-0.3, -0.25) is 4.84 Å². The number of fused-ring (bicyclic) bond motifs is 6. The van der Waals surface area contributed by atoms with E-state index in [0.717, 1.165) is 47.8 Å². The van der Waals surface area contributed by atoms with E-state index >= 15 is 0 Å². The van der Waals surface area contributed by atoms with Gasteiger partial charge in [-0.05, 0) is 35.1 Å². The summed E-state index contributed by atoms with van der Waals surface area (Å²) in [5.74, 6) is 0.757. The van der Waals surface area contributed by atoms with Crippen molar-refractivity contribution in [2.45, 2.75) is 31.6 Å². The second-order valence-electron chi connectivity index (χ2n) is 8.06. The minimum Gasteiger partial charge on any atom is -0.275 e. The Kier molecular flexibility index (Phi) is 3.14. The average molecular weight is 334 g/mol. The smallest absolute Gasteiger partial charge is 0.275 e. The molecule has 0 unspecified atom stereocenters. The Morgan fingerprint density at radius 2 is 1.40 bits per heavy atom. The van der Waals surface area contributed by atoms with Gasteiger partial charge in [-0.25, -0.2) is 4.79 Å². The molecular formula is C22H24NO2+. The van der Waals surface area contributed by atoms with Crippen molar-refractivity contribution in [3.63, 3.8) is 0 Å². The highest BCUT2D eigenvalue weighted by Gasteiger charge is 2.52. The number of hydrogen-bond donors (Lipinski definition) is 0. The molecule has 0 atom stereocenters. The summed E-state index contributed by atoms with van der Waals surface area (Å²) in [5.41, 5.74) is 3.76. The van der Waals surface area contributed by atoms with E-state index in [1.807, 2.05) is 31.2 Å². The highest BCUT2D eigenvalue weighted by Crippen LogP contribution is 2.50. The molecule has 0 aromatic heterocycles. The van der Waals surface area contributed by atoms with E-state index in [2.05, 4.69) is 24.3 Å². The van der Waals surface area contributed by atoms with Gasteiger partial charge in [0.05, 0.1) is 0 Å². The Hall–Kier alpha value is -2.13. The van der Waals surface area contributed by atoms with E-state index < -0.39 is 5.41 Å². The van der Waals surface area contributed by atoms with Gasteiger partial charge in [-0.1, -0.05) is 48.5 Å². The van der Waals surface area contributed by atoms with Crippen LogP contribution in [-0.4, -0.2) is 30.2 Å². The summed E-state index contributed by atoms with van der Waals surface area (Å²) in [7, 11) is 0. The van der Waals surface area contributed by atoms with Crippen molar-refractivity contribution in [1.29, 1.82) is 0 Å². The standard InChI is InChI=1S/C22H24NO2/c1-22(21(24)25-23-13-10-16(11-14-23)12-15-23)19-8-4-2-6-17(19)18-7-3-5-9-20(18)22/h2-9,16H,10-15H2,1H3/q+1. The molecule has 0 spiro atoms. The van der Waals surface area contributed by atoms with Crippen molar-refractivity contribution in [3.8, 4) is 11.1 Å². The molecule has 3 aliphatic heterocycles. The Bertz CT molecular complexity index is 789. The summed E-state index contributed by atoms with van der Waals surface area (Å²) in [5, 5.41) is 0. The molecule has 0 N–H and O–H groups in total. The fourth-order valence-corrected chi connectivity index (χ4v) is 5.10. The lowest BCUT2D eigenvalue weighted by Crippen LogP contribution is -2.60. The fourth-order valence-electron chi connectivity index (χ4n) is 5.10. The SMILES string of the molecule is CC1(C(=O)O[N+]23CCC(CC2)CC3)c2ccccc2-c2ccccc21. The summed E-state index contributed by atoms with van der Waals surface area (Å²) < 4.78 is 0.537. The van der Waals surface area contributed by atoms with Crippen LogP contribution in [0.25, 0.3) is 11.1 Å². The third-order valence-corrected chi connectivity index (χ3v) is 6.74. The van der Waals surface area contributed by atoms with Crippen LogP contribution in [0.4, 0.5) is 0 Å². The molecule has 4 aliphatic rings. The second kappa shape index (κ2) is 5.18. The van der Waals surface area contributed by atoms with Gasteiger partial charge in [0.15, 0.2) is 0 Å². The number of rotatable bonds is 2. The number of quaternary nitrogens is 1. The summed E-state index contributed by atoms with van der Waals surface area (Å²) in [6, 6.07) is 16.5. The molecule has 3 nitrogen and oxygen atoms in total. The van der Waals surface area contributed by atoms with Gasteiger partial charge in [0.1, 0.15) is 25.0 Å². The number of piperidine rings is 3. The van der Waals surface area contributed by atoms with Crippen LogP contribution in [0.15, 0.2) is 48.5 Å². The van der Waals surface area contributed by atoms with Crippen molar-refractivity contribution >= 4 is 5.97 Å². The second-order valence-corrected chi connectivity index (χ2v) is 8.06. The van der Waals surface area contributed by atoms with E-state index in [9.17, 15) is 4.79 Å². The zero-order valence-corrected chi connectivity index (χ0v) is 14.7. The lowest BCUT2D eigenvalue weighted by molar-refractivity contribution is -1.10. The monoisotopic (exact) mass is 334 g/mol. The lowest BCUT2D eigenvalue weighted by Gasteiger charge is -2.46. The summed E-state index contributed by atoms with van der Waals surface area (Å²) in [6.45, 7) is 4.98. The molecule has 128 valence electrons. The largest absolute Gasteiger partial charge is 0.381 e. The molecule has 0 amide bonds. The van der Waals surface area contributed by atoms with Crippen LogP contribution in [0.3, 0.4) is 0 Å². The molecular weight excluding hydrogens is 310 g/mol. The molecule has 0 radical (unpaired) electrons. The maximum atomic E-state index is 13.5. The van der Waals surface area contributed by atoms with Crippen LogP contribution >= 0.6 is 0 Å². The van der Waals surface area contributed by atoms with E-state index in [1.54, 1.807) is 0 Å². The Morgan fingerprint density at radius 3 is 1.92 bits per heavy atom. The first-order valence-corrected chi connectivity index (χ1v) is 9.42. The van der Waals surface area contributed by atoms with Gasteiger partial charge in [0, 0.05) is 19.3 Å². The first-order valence-electron chi connectivity index (χ1n) is 9.42. The molecule has 6 rings (SSSR count). The van der Waals surface area contributed by atoms with Crippen LogP contribution in [0, 0.1) is 5.92 Å². The van der Waals surface area contributed by atoms with Crippen molar-refractivity contribution in [1.82, 2.24) is 0 Å². The zero-order chi connectivity index (χ0) is 17.1. The van der Waals surface area contributed by atoms with Crippen LogP contribution in [0.2, 0.25) is 0 Å². The number of carbonyl (C=O) groups excluding carboxylic acids is 1. The van der Waals surface area contributed by atoms with Crippen LogP contribution in [0.5, 0.6) is 0 Å². The summed E-state index contributed by atoms with van der Waals surface area (Å²) in [6.07, 6.45) is 3.57. The Balaban J connectivity index is 1.57. The predicted octanol–water partition coefficient (Wildman–Crippen LogP) is 4.06. The third kappa shape index (κ3) is 2.05. The number of carbonyl (C=O) groups is 1. The van der Waals surface area contributed by atoms with Gasteiger partial charge in [-0.2, -0.15) is 0 Å². The summed E-state index contributed by atoms with van der Waals surface area (Å²) >= 11 is 0. The van der Waals surface area contributed by atoms with Crippen LogP contribution < -0.4 is 0 Å². The molecule has 25 heavy (non-hydrogen) atoms. The van der Waals surface area contributed by atoms with Crippen molar-refractivity contribution in [3.05, 3.63) is 59.7 Å². The number of hydroxylamine groups is 3. The number of hydrogen-bond acceptors (Lipinski definition) is 2. The lowest BCUT2D eigenvalue weighted by atomic mass is 9.80. The predicted molar refractivity (Wildman–Crippen MR) is 96.6 cm³/mol. The van der Waals surface area contributed by atoms with Gasteiger partial charge in [-0.15, -0.1) is 4.65 Å². The van der Waals surface area contributed by atoms with Crippen molar-refractivity contribution in [2.24, 2.45) is 5.92 Å². The molecule has 1 aliphatic carbocycles. The normalized spacial score (nSPS) is 28.3. The van der Waals surface area contributed by atoms with Gasteiger partial charge in [0.25, 0.3) is 0 Å². The minimum atomic E-state index is -0.714. The molecule has 3 heteroatoms. The van der Waals surface area contributed by atoms with Gasteiger partial charge < -0.3 is 0 Å². The van der Waals surface area contributed by atoms with E-state index in [4.69, 9.17) is 4.84 Å². The maximum Gasteiger partial charge on any atom is 0.381 e. The van der Waals surface area contributed by atoms with E-state index in [0.29, 0.717) is 4.65 Å². The van der Waals surface area contributed by atoms with E-state index in [-0.39, 0.29) is 5.97 Å². The van der Waals surface area contributed by atoms with Crippen LogP contribution in [-0.2, 0) is 15.0 Å². The molecule has 3 saturated heterocycles. The molecule has 2 aromatic rings. The van der Waals surface area contributed by atoms with Crippen molar-refractivity contribution in [2.75, 3.05) is 19.6 Å². The maximum absolute atomic E-state index is 13.5. The fraction of sp³-hybridized carbons (Fsp3) is 0.409. The topological polar surface area (TPSA) is 26.3 Å². The molecule has 2 aromatic carbocycles. The third-order valence-electron chi connectivity index (χ3n) is 6.74. The van der Waals surface area contributed by atoms with Gasteiger partial charge >= 0.3 is 5.97 Å². The van der Waals surface area contributed by atoms with E-state index in [1.165, 1.54) is 19.3 Å². The number of nitrogens with zero attached hydrogens (tertiary/aromatic N) is 1. The first-order chi connectivity index (χ1) is 12.1. The van der Waals surface area contributed by atoms with Crippen LogP contribution in [0.1, 0.15) is 37.3 Å². The quantitative estimate of drug-likeness (QED) is 0.774. The number of benzene rings is 2. The molecule has 3 heterocycles. The van der Waals surface area contributed by atoms with Gasteiger partial charge in [0.2, 0.25) is 0 Å². The molecule has 0 saturated carbocycles. The molecule has 2 bridgehead atoms. The highest BCUT2D eigenvalue weighted by molar-refractivity contribution is 5.97. The molecule has 3 fully saturated rings.